The predicted octanol–water partition coefficient (Wildman–Crippen LogP) is 5.84. The van der Waals surface area contributed by atoms with Crippen molar-refractivity contribution in [3.05, 3.63) is 52.9 Å². The standard InChI is InChI=1S/C26H30ClN3O3/c1-17-19(27)11-8-12-20(17)30-24(31)22-15-23-21(13-14-33-23)29(22)16-26(30,2)25(32)28-18-9-6-4-3-5-7-10-18/h8,11-15,18H,3-7,9-10,16H2,1-2H3,(H,28,32)/t26-/m1/s1. The molecule has 2 amide bonds. The summed E-state index contributed by atoms with van der Waals surface area (Å²) in [5, 5.41) is 3.88. The number of benzene rings is 1. The highest BCUT2D eigenvalue weighted by atomic mass is 35.5. The van der Waals surface area contributed by atoms with Crippen LogP contribution in [0, 0.1) is 6.92 Å². The number of aromatic nitrogens is 1. The predicted molar refractivity (Wildman–Crippen MR) is 130 cm³/mol. The van der Waals surface area contributed by atoms with Gasteiger partial charge in [-0.3, -0.25) is 14.5 Å². The fraction of sp³-hybridized carbons (Fsp3) is 0.462. The average molecular weight is 468 g/mol. The number of anilines is 1. The van der Waals surface area contributed by atoms with Crippen LogP contribution in [0.4, 0.5) is 5.69 Å². The Morgan fingerprint density at radius 2 is 1.88 bits per heavy atom. The van der Waals surface area contributed by atoms with Gasteiger partial charge in [0.05, 0.1) is 18.3 Å². The molecule has 0 saturated heterocycles. The number of hydrogen-bond acceptors (Lipinski definition) is 3. The Morgan fingerprint density at radius 1 is 1.15 bits per heavy atom. The average Bonchev–Trinajstić information content (AvgIpc) is 3.35. The second-order valence-electron chi connectivity index (χ2n) is 9.60. The van der Waals surface area contributed by atoms with E-state index in [9.17, 15) is 9.59 Å². The second kappa shape index (κ2) is 8.56. The lowest BCUT2D eigenvalue weighted by Gasteiger charge is -2.45. The summed E-state index contributed by atoms with van der Waals surface area (Å²) in [6.07, 6.45) is 9.50. The molecule has 1 atom stereocenters. The van der Waals surface area contributed by atoms with E-state index >= 15 is 0 Å². The highest BCUT2D eigenvalue weighted by molar-refractivity contribution is 6.32. The Labute approximate surface area is 198 Å². The minimum atomic E-state index is -1.12. The van der Waals surface area contributed by atoms with Crippen molar-refractivity contribution < 1.29 is 14.0 Å². The number of carbonyl (C=O) groups excluding carboxylic acids is 2. The van der Waals surface area contributed by atoms with Gasteiger partial charge < -0.3 is 14.3 Å². The fourth-order valence-corrected chi connectivity index (χ4v) is 5.54. The van der Waals surface area contributed by atoms with Gasteiger partial charge in [-0.25, -0.2) is 0 Å². The summed E-state index contributed by atoms with van der Waals surface area (Å²) in [6, 6.07) is 9.23. The molecule has 2 aromatic heterocycles. The van der Waals surface area contributed by atoms with Gasteiger partial charge in [0.25, 0.3) is 5.91 Å². The number of fused-ring (bicyclic) bond motifs is 3. The summed E-state index contributed by atoms with van der Waals surface area (Å²) in [4.78, 5) is 29.5. The van der Waals surface area contributed by atoms with E-state index in [1.807, 2.05) is 36.6 Å². The maximum atomic E-state index is 13.9. The van der Waals surface area contributed by atoms with Crippen molar-refractivity contribution in [2.24, 2.45) is 0 Å². The van der Waals surface area contributed by atoms with Gasteiger partial charge in [0.1, 0.15) is 11.2 Å². The van der Waals surface area contributed by atoms with Crippen LogP contribution in [0.5, 0.6) is 0 Å². The molecule has 33 heavy (non-hydrogen) atoms. The Morgan fingerprint density at radius 3 is 2.64 bits per heavy atom. The highest BCUT2D eigenvalue weighted by Gasteiger charge is 2.49. The van der Waals surface area contributed by atoms with Crippen molar-refractivity contribution in [2.45, 2.75) is 76.9 Å². The van der Waals surface area contributed by atoms with Gasteiger partial charge in [-0.1, -0.05) is 49.8 Å². The van der Waals surface area contributed by atoms with Gasteiger partial charge in [0, 0.05) is 28.9 Å². The van der Waals surface area contributed by atoms with Crippen LogP contribution in [-0.2, 0) is 11.3 Å². The van der Waals surface area contributed by atoms with Crippen LogP contribution in [0.3, 0.4) is 0 Å². The molecule has 174 valence electrons. The van der Waals surface area contributed by atoms with Gasteiger partial charge in [-0.05, 0) is 44.4 Å². The van der Waals surface area contributed by atoms with Crippen molar-refractivity contribution >= 4 is 40.2 Å². The molecule has 0 bridgehead atoms. The van der Waals surface area contributed by atoms with Crippen LogP contribution in [0.1, 0.15) is 67.9 Å². The topological polar surface area (TPSA) is 67.5 Å². The van der Waals surface area contributed by atoms with Gasteiger partial charge in [-0.15, -0.1) is 0 Å². The Bertz CT molecular complexity index is 1200. The quantitative estimate of drug-likeness (QED) is 0.525. The molecule has 1 N–H and O–H groups in total. The number of halogens is 1. The van der Waals surface area contributed by atoms with Crippen LogP contribution < -0.4 is 10.2 Å². The minimum absolute atomic E-state index is 0.128. The van der Waals surface area contributed by atoms with Crippen molar-refractivity contribution in [1.29, 1.82) is 0 Å². The first kappa shape index (κ1) is 22.1. The number of furan rings is 1. The molecule has 3 heterocycles. The summed E-state index contributed by atoms with van der Waals surface area (Å²) in [5.74, 6) is -0.356. The molecule has 6 nitrogen and oxygen atoms in total. The lowest BCUT2D eigenvalue weighted by atomic mass is 9.91. The Balaban J connectivity index is 1.58. The lowest BCUT2D eigenvalue weighted by molar-refractivity contribution is -0.127. The van der Waals surface area contributed by atoms with Crippen molar-refractivity contribution in [3.63, 3.8) is 0 Å². The Hall–Kier alpha value is -2.73. The summed E-state index contributed by atoms with van der Waals surface area (Å²) < 4.78 is 7.48. The highest BCUT2D eigenvalue weighted by Crippen LogP contribution is 2.39. The summed E-state index contributed by atoms with van der Waals surface area (Å²) >= 11 is 6.43. The number of nitrogens with one attached hydrogen (secondary N) is 1. The van der Waals surface area contributed by atoms with Crippen LogP contribution in [-0.4, -0.2) is 28.0 Å². The van der Waals surface area contributed by atoms with E-state index in [0.29, 0.717) is 28.5 Å². The molecule has 1 aliphatic heterocycles. The molecular formula is C26H30ClN3O3. The molecule has 5 rings (SSSR count). The summed E-state index contributed by atoms with van der Waals surface area (Å²) in [5.41, 5.74) is 2.30. The molecule has 0 spiro atoms. The molecule has 0 unspecified atom stereocenters. The minimum Gasteiger partial charge on any atom is -0.463 e. The number of carbonyl (C=O) groups is 2. The van der Waals surface area contributed by atoms with E-state index in [1.54, 1.807) is 23.3 Å². The summed E-state index contributed by atoms with van der Waals surface area (Å²) in [6.45, 7) is 4.08. The number of amides is 2. The molecule has 1 saturated carbocycles. The zero-order valence-corrected chi connectivity index (χ0v) is 20.0. The molecule has 3 aromatic rings. The monoisotopic (exact) mass is 467 g/mol. The molecule has 0 radical (unpaired) electrons. The van der Waals surface area contributed by atoms with E-state index in [2.05, 4.69) is 5.32 Å². The van der Waals surface area contributed by atoms with Crippen molar-refractivity contribution in [1.82, 2.24) is 9.88 Å². The van der Waals surface area contributed by atoms with Gasteiger partial charge in [0.15, 0.2) is 5.58 Å². The maximum absolute atomic E-state index is 13.9. The van der Waals surface area contributed by atoms with Gasteiger partial charge in [0.2, 0.25) is 5.91 Å². The van der Waals surface area contributed by atoms with Crippen molar-refractivity contribution in [2.75, 3.05) is 4.90 Å². The molecule has 1 aliphatic carbocycles. The van der Waals surface area contributed by atoms with Crippen LogP contribution in [0.25, 0.3) is 11.1 Å². The largest absolute Gasteiger partial charge is 0.463 e. The van der Waals surface area contributed by atoms with Crippen LogP contribution >= 0.6 is 11.6 Å². The van der Waals surface area contributed by atoms with Crippen LogP contribution in [0.15, 0.2) is 41.0 Å². The number of hydrogen-bond donors (Lipinski definition) is 1. The maximum Gasteiger partial charge on any atom is 0.276 e. The fourth-order valence-electron chi connectivity index (χ4n) is 5.37. The van der Waals surface area contributed by atoms with Crippen molar-refractivity contribution in [3.8, 4) is 0 Å². The zero-order valence-electron chi connectivity index (χ0n) is 19.2. The number of nitrogens with zero attached hydrogens (tertiary/aromatic N) is 2. The molecule has 7 heteroatoms. The smallest absolute Gasteiger partial charge is 0.276 e. The third-order valence-corrected chi connectivity index (χ3v) is 7.72. The van der Waals surface area contributed by atoms with E-state index in [0.717, 1.165) is 36.8 Å². The summed E-state index contributed by atoms with van der Waals surface area (Å²) in [7, 11) is 0. The molecular weight excluding hydrogens is 438 g/mol. The second-order valence-corrected chi connectivity index (χ2v) is 10.0. The van der Waals surface area contributed by atoms with E-state index < -0.39 is 5.54 Å². The van der Waals surface area contributed by atoms with Gasteiger partial charge >= 0.3 is 0 Å². The number of rotatable bonds is 3. The first-order valence-corrected chi connectivity index (χ1v) is 12.3. The Kier molecular flexibility index (Phi) is 5.73. The first-order valence-electron chi connectivity index (χ1n) is 11.9. The van der Waals surface area contributed by atoms with Gasteiger partial charge in [-0.2, -0.15) is 0 Å². The third kappa shape index (κ3) is 3.74. The van der Waals surface area contributed by atoms with E-state index in [4.69, 9.17) is 16.0 Å². The third-order valence-electron chi connectivity index (χ3n) is 7.31. The lowest BCUT2D eigenvalue weighted by Crippen LogP contribution is -2.65. The first-order chi connectivity index (χ1) is 15.9. The molecule has 2 aliphatic rings. The SMILES string of the molecule is Cc1c(Cl)cccc1N1C(=O)c2cc3occc3n2C[C@]1(C)C(=O)NC1CCCCCCC1. The van der Waals surface area contributed by atoms with Crippen LogP contribution in [0.2, 0.25) is 5.02 Å². The van der Waals surface area contributed by atoms with E-state index in [1.165, 1.54) is 19.3 Å². The zero-order chi connectivity index (χ0) is 23.2. The van der Waals surface area contributed by atoms with E-state index in [-0.39, 0.29) is 17.9 Å². The molecule has 1 fully saturated rings. The molecule has 1 aromatic carbocycles. The normalized spacial score (nSPS) is 22.2.